The topological polar surface area (TPSA) is 33.6 Å². The molecule has 5 heteroatoms. The Kier molecular flexibility index (Phi) is 3.59. The van der Waals surface area contributed by atoms with Gasteiger partial charge in [-0.05, 0) is 31.3 Å². The standard InChI is InChI=1S/C12H12BrN3S/c1-3-8(2)16-11(14-15-12(16)17)9-5-4-6-10(13)7-9/h3-8H,1H2,2H3,(H,15,17). The first-order valence-corrected chi connectivity index (χ1v) is 6.39. The first-order valence-electron chi connectivity index (χ1n) is 5.19. The van der Waals surface area contributed by atoms with E-state index >= 15 is 0 Å². The lowest BCUT2D eigenvalue weighted by atomic mass is 10.2. The SMILES string of the molecule is C=CC(C)n1c(-c2cccc(Br)c2)n[nH]c1=S. The number of aromatic nitrogens is 3. The predicted molar refractivity (Wildman–Crippen MR) is 75.5 cm³/mol. The molecule has 88 valence electrons. The van der Waals surface area contributed by atoms with Crippen LogP contribution < -0.4 is 0 Å². The molecule has 0 bridgehead atoms. The van der Waals surface area contributed by atoms with Gasteiger partial charge in [-0.2, -0.15) is 5.10 Å². The molecule has 0 aliphatic heterocycles. The van der Waals surface area contributed by atoms with Gasteiger partial charge in [0.1, 0.15) is 0 Å². The van der Waals surface area contributed by atoms with Gasteiger partial charge in [-0.15, -0.1) is 6.58 Å². The number of allylic oxidation sites excluding steroid dienone is 1. The minimum absolute atomic E-state index is 0.107. The van der Waals surface area contributed by atoms with Crippen LogP contribution in [0, 0.1) is 4.77 Å². The van der Waals surface area contributed by atoms with Crippen molar-refractivity contribution in [3.05, 3.63) is 46.2 Å². The molecule has 0 saturated carbocycles. The second-order valence-electron chi connectivity index (χ2n) is 3.71. The average molecular weight is 310 g/mol. The summed E-state index contributed by atoms with van der Waals surface area (Å²) < 4.78 is 3.57. The monoisotopic (exact) mass is 309 g/mol. The van der Waals surface area contributed by atoms with Crippen LogP contribution in [-0.4, -0.2) is 14.8 Å². The summed E-state index contributed by atoms with van der Waals surface area (Å²) in [5.74, 6) is 0.823. The van der Waals surface area contributed by atoms with Gasteiger partial charge in [-0.1, -0.05) is 34.1 Å². The van der Waals surface area contributed by atoms with E-state index in [1.807, 2.05) is 41.8 Å². The van der Waals surface area contributed by atoms with Crippen molar-refractivity contribution < 1.29 is 0 Å². The van der Waals surface area contributed by atoms with Gasteiger partial charge < -0.3 is 0 Å². The summed E-state index contributed by atoms with van der Waals surface area (Å²) in [6.45, 7) is 5.82. The highest BCUT2D eigenvalue weighted by Crippen LogP contribution is 2.24. The fourth-order valence-corrected chi connectivity index (χ4v) is 2.32. The van der Waals surface area contributed by atoms with E-state index in [1.54, 1.807) is 0 Å². The van der Waals surface area contributed by atoms with Crippen molar-refractivity contribution >= 4 is 28.1 Å². The van der Waals surface area contributed by atoms with E-state index in [0.717, 1.165) is 15.9 Å². The number of nitrogens with one attached hydrogen (secondary N) is 1. The van der Waals surface area contributed by atoms with Gasteiger partial charge in [0.05, 0.1) is 6.04 Å². The summed E-state index contributed by atoms with van der Waals surface area (Å²) in [5.41, 5.74) is 1.01. The molecule has 0 aliphatic carbocycles. The number of hydrogen-bond acceptors (Lipinski definition) is 2. The van der Waals surface area contributed by atoms with Crippen LogP contribution in [-0.2, 0) is 0 Å². The van der Waals surface area contributed by atoms with E-state index in [1.165, 1.54) is 0 Å². The number of hydrogen-bond donors (Lipinski definition) is 1. The van der Waals surface area contributed by atoms with Gasteiger partial charge >= 0.3 is 0 Å². The molecule has 1 N–H and O–H groups in total. The minimum atomic E-state index is 0.107. The van der Waals surface area contributed by atoms with Crippen molar-refractivity contribution in [3.63, 3.8) is 0 Å². The Morgan fingerprint density at radius 3 is 3.00 bits per heavy atom. The van der Waals surface area contributed by atoms with Crippen LogP contribution in [0.5, 0.6) is 0 Å². The third-order valence-electron chi connectivity index (χ3n) is 2.54. The van der Waals surface area contributed by atoms with Gasteiger partial charge in [0.25, 0.3) is 0 Å². The molecule has 1 aromatic heterocycles. The van der Waals surface area contributed by atoms with Gasteiger partial charge in [-0.25, -0.2) is 0 Å². The zero-order valence-corrected chi connectivity index (χ0v) is 11.8. The van der Waals surface area contributed by atoms with E-state index in [-0.39, 0.29) is 6.04 Å². The molecule has 2 rings (SSSR count). The zero-order valence-electron chi connectivity index (χ0n) is 9.35. The second kappa shape index (κ2) is 4.98. The van der Waals surface area contributed by atoms with Crippen LogP contribution in [0.3, 0.4) is 0 Å². The normalized spacial score (nSPS) is 12.4. The molecule has 0 amide bonds. The summed E-state index contributed by atoms with van der Waals surface area (Å²) in [7, 11) is 0. The summed E-state index contributed by atoms with van der Waals surface area (Å²) in [5, 5.41) is 7.10. The summed E-state index contributed by atoms with van der Waals surface area (Å²) in [6, 6.07) is 8.07. The molecule has 2 aromatic rings. The van der Waals surface area contributed by atoms with E-state index in [4.69, 9.17) is 12.2 Å². The first-order chi connectivity index (χ1) is 8.13. The molecular weight excluding hydrogens is 298 g/mol. The molecule has 1 aromatic carbocycles. The Bertz CT molecular complexity index is 600. The van der Waals surface area contributed by atoms with E-state index in [0.29, 0.717) is 4.77 Å². The fraction of sp³-hybridized carbons (Fsp3) is 0.167. The largest absolute Gasteiger partial charge is 0.293 e. The smallest absolute Gasteiger partial charge is 0.195 e. The molecule has 1 heterocycles. The van der Waals surface area contributed by atoms with Crippen LogP contribution >= 0.6 is 28.1 Å². The number of benzene rings is 1. The van der Waals surface area contributed by atoms with Gasteiger partial charge in [0, 0.05) is 10.0 Å². The van der Waals surface area contributed by atoms with Crippen molar-refractivity contribution in [2.75, 3.05) is 0 Å². The average Bonchev–Trinajstić information content (AvgIpc) is 2.70. The van der Waals surface area contributed by atoms with Crippen LogP contribution in [0.25, 0.3) is 11.4 Å². The second-order valence-corrected chi connectivity index (χ2v) is 5.01. The summed E-state index contributed by atoms with van der Waals surface area (Å²) >= 11 is 8.69. The van der Waals surface area contributed by atoms with Gasteiger partial charge in [-0.3, -0.25) is 9.67 Å². The Morgan fingerprint density at radius 1 is 1.59 bits per heavy atom. The van der Waals surface area contributed by atoms with Crippen LogP contribution in [0.2, 0.25) is 0 Å². The van der Waals surface area contributed by atoms with Crippen molar-refractivity contribution in [2.45, 2.75) is 13.0 Å². The molecule has 3 nitrogen and oxygen atoms in total. The highest BCUT2D eigenvalue weighted by Gasteiger charge is 2.12. The number of aromatic amines is 1. The minimum Gasteiger partial charge on any atom is -0.293 e. The predicted octanol–water partition coefficient (Wildman–Crippen LogP) is 4.12. The molecule has 0 saturated heterocycles. The van der Waals surface area contributed by atoms with Crippen molar-refractivity contribution in [1.82, 2.24) is 14.8 Å². The number of halogens is 1. The van der Waals surface area contributed by atoms with E-state index in [9.17, 15) is 0 Å². The molecule has 0 fully saturated rings. The van der Waals surface area contributed by atoms with Crippen LogP contribution in [0.1, 0.15) is 13.0 Å². The third-order valence-corrected chi connectivity index (χ3v) is 3.32. The zero-order chi connectivity index (χ0) is 12.4. The molecule has 1 atom stereocenters. The molecule has 1 unspecified atom stereocenters. The van der Waals surface area contributed by atoms with Crippen LogP contribution in [0.15, 0.2) is 41.4 Å². The number of nitrogens with zero attached hydrogens (tertiary/aromatic N) is 2. The molecule has 0 spiro atoms. The van der Waals surface area contributed by atoms with Crippen LogP contribution in [0.4, 0.5) is 0 Å². The first kappa shape index (κ1) is 12.3. The Morgan fingerprint density at radius 2 is 2.35 bits per heavy atom. The number of rotatable bonds is 3. The molecular formula is C12H12BrN3S. The highest BCUT2D eigenvalue weighted by molar-refractivity contribution is 9.10. The Labute approximate surface area is 113 Å². The maximum absolute atomic E-state index is 5.23. The highest BCUT2D eigenvalue weighted by atomic mass is 79.9. The maximum atomic E-state index is 5.23. The van der Waals surface area contributed by atoms with Gasteiger partial charge in [0.15, 0.2) is 10.6 Å². The summed E-state index contributed by atoms with van der Waals surface area (Å²) in [6.07, 6.45) is 1.84. The third kappa shape index (κ3) is 2.40. The lowest BCUT2D eigenvalue weighted by Crippen LogP contribution is -2.04. The Balaban J connectivity index is 2.60. The van der Waals surface area contributed by atoms with Crippen molar-refractivity contribution in [3.8, 4) is 11.4 Å². The van der Waals surface area contributed by atoms with E-state index < -0.39 is 0 Å². The van der Waals surface area contributed by atoms with Crippen molar-refractivity contribution in [2.24, 2.45) is 0 Å². The Hall–Kier alpha value is -1.20. The van der Waals surface area contributed by atoms with Gasteiger partial charge in [0.2, 0.25) is 0 Å². The molecule has 17 heavy (non-hydrogen) atoms. The summed E-state index contributed by atoms with van der Waals surface area (Å²) in [4.78, 5) is 0. The number of H-pyrrole nitrogens is 1. The maximum Gasteiger partial charge on any atom is 0.195 e. The van der Waals surface area contributed by atoms with Crippen molar-refractivity contribution in [1.29, 1.82) is 0 Å². The quantitative estimate of drug-likeness (QED) is 0.683. The molecule has 0 radical (unpaired) electrons. The lowest BCUT2D eigenvalue weighted by Gasteiger charge is -2.11. The lowest BCUT2D eigenvalue weighted by molar-refractivity contribution is 0.657. The molecule has 0 aliphatic rings. The fourth-order valence-electron chi connectivity index (χ4n) is 1.62. The van der Waals surface area contributed by atoms with E-state index in [2.05, 4.69) is 32.7 Å².